The van der Waals surface area contributed by atoms with Crippen LogP contribution in [0.4, 0.5) is 0 Å². The number of carbonyl (C=O) groups is 1. The monoisotopic (exact) mass is 252 g/mol. The average molecular weight is 252 g/mol. The van der Waals surface area contributed by atoms with Gasteiger partial charge in [-0.1, -0.05) is 19.3 Å². The van der Waals surface area contributed by atoms with Crippen LogP contribution in [0, 0.1) is 5.92 Å². The van der Waals surface area contributed by atoms with Gasteiger partial charge < -0.3 is 9.84 Å². The van der Waals surface area contributed by atoms with Crippen molar-refractivity contribution in [3.63, 3.8) is 0 Å². The van der Waals surface area contributed by atoms with Crippen molar-refractivity contribution in [3.8, 4) is 0 Å². The minimum Gasteiger partial charge on any atom is -0.479 e. The van der Waals surface area contributed by atoms with Gasteiger partial charge in [-0.2, -0.15) is 5.10 Å². The van der Waals surface area contributed by atoms with E-state index in [1.54, 1.807) is 30.1 Å². The lowest BCUT2D eigenvalue weighted by Gasteiger charge is -2.36. The number of rotatable bonds is 5. The zero-order valence-electron chi connectivity index (χ0n) is 10.7. The molecule has 1 heterocycles. The number of aliphatic carboxylic acids is 1. The maximum Gasteiger partial charge on any atom is 0.336 e. The summed E-state index contributed by atoms with van der Waals surface area (Å²) in [4.78, 5) is 11.5. The summed E-state index contributed by atoms with van der Waals surface area (Å²) in [6.07, 6.45) is 8.68. The normalized spacial score (nSPS) is 20.5. The first kappa shape index (κ1) is 13.1. The first-order valence-corrected chi connectivity index (χ1v) is 6.47. The minimum absolute atomic E-state index is 0.0966. The molecule has 1 aliphatic carbocycles. The number of hydrogen-bond acceptors (Lipinski definition) is 3. The fraction of sp³-hybridized carbons (Fsp3) is 0.692. The molecule has 18 heavy (non-hydrogen) atoms. The van der Waals surface area contributed by atoms with Crippen molar-refractivity contribution in [2.75, 3.05) is 0 Å². The molecule has 1 atom stereocenters. The lowest BCUT2D eigenvalue weighted by Crippen LogP contribution is -2.46. The summed E-state index contributed by atoms with van der Waals surface area (Å²) in [5.41, 5.74) is -1.10. The van der Waals surface area contributed by atoms with Crippen LogP contribution in [-0.2, 0) is 16.3 Å². The summed E-state index contributed by atoms with van der Waals surface area (Å²) in [7, 11) is 0. The van der Waals surface area contributed by atoms with Gasteiger partial charge in [-0.25, -0.2) is 9.48 Å². The Bertz CT molecular complexity index is 385. The highest BCUT2D eigenvalue weighted by Crippen LogP contribution is 2.35. The molecule has 5 heteroatoms. The zero-order valence-corrected chi connectivity index (χ0v) is 10.7. The molecule has 1 unspecified atom stereocenters. The van der Waals surface area contributed by atoms with E-state index in [4.69, 9.17) is 4.74 Å². The highest BCUT2D eigenvalue weighted by Gasteiger charge is 2.43. The quantitative estimate of drug-likeness (QED) is 0.873. The van der Waals surface area contributed by atoms with Gasteiger partial charge in [-0.3, -0.25) is 0 Å². The molecular formula is C13H20N2O3. The molecule has 1 aromatic rings. The first-order valence-electron chi connectivity index (χ1n) is 6.47. The van der Waals surface area contributed by atoms with Crippen LogP contribution in [0.5, 0.6) is 0 Å². The highest BCUT2D eigenvalue weighted by molar-refractivity contribution is 5.77. The van der Waals surface area contributed by atoms with E-state index in [2.05, 4.69) is 5.10 Å². The smallest absolute Gasteiger partial charge is 0.336 e. The van der Waals surface area contributed by atoms with Gasteiger partial charge in [0.1, 0.15) is 6.73 Å². The molecule has 0 saturated heterocycles. The Morgan fingerprint density at radius 3 is 2.78 bits per heavy atom. The summed E-state index contributed by atoms with van der Waals surface area (Å²) >= 11 is 0. The van der Waals surface area contributed by atoms with Gasteiger partial charge in [0.15, 0.2) is 5.60 Å². The molecule has 0 aliphatic heterocycles. The van der Waals surface area contributed by atoms with Crippen LogP contribution >= 0.6 is 0 Å². The zero-order chi connectivity index (χ0) is 13.0. The van der Waals surface area contributed by atoms with E-state index >= 15 is 0 Å². The van der Waals surface area contributed by atoms with E-state index in [9.17, 15) is 9.90 Å². The Morgan fingerprint density at radius 1 is 1.50 bits per heavy atom. The molecular weight excluding hydrogens is 232 g/mol. The van der Waals surface area contributed by atoms with Crippen LogP contribution in [0.2, 0.25) is 0 Å². The van der Waals surface area contributed by atoms with Crippen molar-refractivity contribution in [3.05, 3.63) is 18.5 Å². The first-order chi connectivity index (χ1) is 8.63. The van der Waals surface area contributed by atoms with E-state index in [1.165, 1.54) is 6.42 Å². The summed E-state index contributed by atoms with van der Waals surface area (Å²) in [5, 5.41) is 13.5. The Morgan fingerprint density at radius 2 is 2.22 bits per heavy atom. The lowest BCUT2D eigenvalue weighted by molar-refractivity contribution is -0.181. The van der Waals surface area contributed by atoms with Crippen LogP contribution in [0.3, 0.4) is 0 Å². The summed E-state index contributed by atoms with van der Waals surface area (Å²) < 4.78 is 7.28. The van der Waals surface area contributed by atoms with Crippen molar-refractivity contribution in [2.45, 2.75) is 51.4 Å². The van der Waals surface area contributed by atoms with Crippen LogP contribution in [0.1, 0.15) is 39.0 Å². The van der Waals surface area contributed by atoms with Crippen molar-refractivity contribution in [1.29, 1.82) is 0 Å². The van der Waals surface area contributed by atoms with Crippen molar-refractivity contribution in [2.24, 2.45) is 5.92 Å². The highest BCUT2D eigenvalue weighted by atomic mass is 16.5. The molecule has 0 aromatic carbocycles. The van der Waals surface area contributed by atoms with Gasteiger partial charge in [-0.05, 0) is 31.7 Å². The number of aromatic nitrogens is 2. The molecule has 2 rings (SSSR count). The van der Waals surface area contributed by atoms with Crippen LogP contribution in [0.15, 0.2) is 18.5 Å². The Kier molecular flexibility index (Phi) is 4.01. The minimum atomic E-state index is -1.10. The average Bonchev–Trinajstić information content (AvgIpc) is 2.90. The van der Waals surface area contributed by atoms with Gasteiger partial charge >= 0.3 is 5.97 Å². The maximum atomic E-state index is 11.5. The Balaban J connectivity index is 2.03. The van der Waals surface area contributed by atoms with Crippen LogP contribution < -0.4 is 0 Å². The molecule has 1 N–H and O–H groups in total. The Hall–Kier alpha value is -1.36. The maximum absolute atomic E-state index is 11.5. The fourth-order valence-corrected chi connectivity index (χ4v) is 2.58. The molecule has 5 nitrogen and oxygen atoms in total. The van der Waals surface area contributed by atoms with E-state index < -0.39 is 11.6 Å². The SMILES string of the molecule is CC(OCn1cccn1)(C(=O)O)C1CCCCC1. The molecule has 0 radical (unpaired) electrons. The van der Waals surface area contributed by atoms with E-state index in [1.807, 2.05) is 0 Å². The van der Waals surface area contributed by atoms with E-state index in [0.717, 1.165) is 25.7 Å². The molecule has 1 aromatic heterocycles. The fourth-order valence-electron chi connectivity index (χ4n) is 2.58. The number of carboxylic acid groups (broad SMARTS) is 1. The number of hydrogen-bond donors (Lipinski definition) is 1. The third-order valence-corrected chi connectivity index (χ3v) is 3.86. The van der Waals surface area contributed by atoms with Crippen LogP contribution in [0.25, 0.3) is 0 Å². The lowest BCUT2D eigenvalue weighted by atomic mass is 9.78. The standard InChI is InChI=1S/C13H20N2O3/c1-13(12(16)17,11-6-3-2-4-7-11)18-10-15-9-5-8-14-15/h5,8-9,11H,2-4,6-7,10H2,1H3,(H,16,17). The molecule has 1 aliphatic rings. The molecule has 0 amide bonds. The van der Waals surface area contributed by atoms with Gasteiger partial charge in [0, 0.05) is 12.4 Å². The van der Waals surface area contributed by atoms with Gasteiger partial charge in [-0.15, -0.1) is 0 Å². The summed E-state index contributed by atoms with van der Waals surface area (Å²) in [6, 6.07) is 1.79. The van der Waals surface area contributed by atoms with Gasteiger partial charge in [0.05, 0.1) is 0 Å². The number of carboxylic acids is 1. The molecule has 100 valence electrons. The molecule has 0 spiro atoms. The Labute approximate surface area is 107 Å². The van der Waals surface area contributed by atoms with Crippen molar-refractivity contribution >= 4 is 5.97 Å². The molecule has 1 saturated carbocycles. The summed E-state index contributed by atoms with van der Waals surface area (Å²) in [5.74, 6) is -0.777. The predicted molar refractivity (Wildman–Crippen MR) is 65.9 cm³/mol. The second-order valence-electron chi connectivity index (χ2n) is 5.07. The molecule has 1 fully saturated rings. The topological polar surface area (TPSA) is 64.4 Å². The van der Waals surface area contributed by atoms with Crippen LogP contribution in [-0.4, -0.2) is 26.5 Å². The molecule has 0 bridgehead atoms. The number of nitrogens with zero attached hydrogens (tertiary/aromatic N) is 2. The predicted octanol–water partition coefficient (Wildman–Crippen LogP) is 2.28. The van der Waals surface area contributed by atoms with Crippen molar-refractivity contribution in [1.82, 2.24) is 9.78 Å². The second kappa shape index (κ2) is 5.52. The van der Waals surface area contributed by atoms with Gasteiger partial charge in [0.2, 0.25) is 0 Å². The largest absolute Gasteiger partial charge is 0.479 e. The van der Waals surface area contributed by atoms with E-state index in [0.29, 0.717) is 0 Å². The van der Waals surface area contributed by atoms with E-state index in [-0.39, 0.29) is 12.6 Å². The summed E-state index contributed by atoms with van der Waals surface area (Å²) in [6.45, 7) is 1.88. The van der Waals surface area contributed by atoms with Crippen molar-refractivity contribution < 1.29 is 14.6 Å². The third kappa shape index (κ3) is 2.72. The number of ether oxygens (including phenoxy) is 1. The van der Waals surface area contributed by atoms with Gasteiger partial charge in [0.25, 0.3) is 0 Å². The second-order valence-corrected chi connectivity index (χ2v) is 5.07. The third-order valence-electron chi connectivity index (χ3n) is 3.86.